The fourth-order valence-electron chi connectivity index (χ4n) is 3.20. The molecule has 1 aromatic carbocycles. The quantitative estimate of drug-likeness (QED) is 0.661. The molecule has 0 saturated carbocycles. The minimum absolute atomic E-state index is 0.0457. The number of hydrogen-bond donors (Lipinski definition) is 0. The van der Waals surface area contributed by atoms with E-state index >= 15 is 0 Å². The summed E-state index contributed by atoms with van der Waals surface area (Å²) in [7, 11) is 0. The van der Waals surface area contributed by atoms with Crippen LogP contribution in [0.2, 0.25) is 0 Å². The number of aromatic nitrogens is 3. The highest BCUT2D eigenvalue weighted by molar-refractivity contribution is 5.94. The van der Waals surface area contributed by atoms with Crippen molar-refractivity contribution in [3.63, 3.8) is 0 Å². The van der Waals surface area contributed by atoms with E-state index in [1.54, 1.807) is 17.0 Å². The van der Waals surface area contributed by atoms with E-state index in [0.717, 1.165) is 12.8 Å². The Bertz CT molecular complexity index is 958. The van der Waals surface area contributed by atoms with Gasteiger partial charge in [0.2, 0.25) is 17.7 Å². The number of halogens is 2. The van der Waals surface area contributed by atoms with E-state index in [2.05, 4.69) is 15.1 Å². The standard InChI is InChI=1S/C19H16F2N4O2/c20-14-7-5-12(6-8-14)17-23-18(27-24-17)13-3-2-10-25(11-13)19(26)15-4-1-9-22-16(15)21/h1,4-9,13H,2-3,10-11H2/t13-/m0/s1. The number of carbonyl (C=O) groups is 1. The number of benzene rings is 1. The Hall–Kier alpha value is -3.16. The van der Waals surface area contributed by atoms with E-state index in [4.69, 9.17) is 4.52 Å². The van der Waals surface area contributed by atoms with Crippen molar-refractivity contribution >= 4 is 5.91 Å². The first-order chi connectivity index (χ1) is 13.1. The highest BCUT2D eigenvalue weighted by Crippen LogP contribution is 2.28. The maximum absolute atomic E-state index is 13.8. The first-order valence-electron chi connectivity index (χ1n) is 8.61. The normalized spacial score (nSPS) is 17.1. The molecule has 1 atom stereocenters. The Morgan fingerprint density at radius 1 is 1.19 bits per heavy atom. The summed E-state index contributed by atoms with van der Waals surface area (Å²) >= 11 is 0. The lowest BCUT2D eigenvalue weighted by molar-refractivity contribution is 0.0690. The van der Waals surface area contributed by atoms with Gasteiger partial charge in [0.05, 0.1) is 11.5 Å². The van der Waals surface area contributed by atoms with Gasteiger partial charge in [0.25, 0.3) is 5.91 Å². The SMILES string of the molecule is O=C(c1cccnc1F)N1CCC[C@H](c2nc(-c3ccc(F)cc3)no2)C1. The molecule has 1 amide bonds. The molecule has 27 heavy (non-hydrogen) atoms. The predicted octanol–water partition coefficient (Wildman–Crippen LogP) is 3.43. The molecule has 0 N–H and O–H groups in total. The van der Waals surface area contributed by atoms with Crippen LogP contribution in [0.25, 0.3) is 11.4 Å². The van der Waals surface area contributed by atoms with E-state index < -0.39 is 11.9 Å². The van der Waals surface area contributed by atoms with E-state index in [1.165, 1.54) is 30.5 Å². The average molecular weight is 370 g/mol. The molecule has 4 rings (SSSR count). The number of nitrogens with zero attached hydrogens (tertiary/aromatic N) is 4. The maximum Gasteiger partial charge on any atom is 0.258 e. The molecule has 0 radical (unpaired) electrons. The first kappa shape index (κ1) is 17.3. The number of amides is 1. The summed E-state index contributed by atoms with van der Waals surface area (Å²) in [6.45, 7) is 0.890. The molecule has 3 aromatic rings. The van der Waals surface area contributed by atoms with E-state index in [0.29, 0.717) is 30.4 Å². The van der Waals surface area contributed by atoms with Crippen LogP contribution in [0.15, 0.2) is 47.1 Å². The molecule has 0 aliphatic carbocycles. The molecule has 0 unspecified atom stereocenters. The summed E-state index contributed by atoms with van der Waals surface area (Å²) in [4.78, 5) is 22.1. The van der Waals surface area contributed by atoms with Crippen molar-refractivity contribution in [2.75, 3.05) is 13.1 Å². The molecule has 0 bridgehead atoms. The van der Waals surface area contributed by atoms with Gasteiger partial charge >= 0.3 is 0 Å². The van der Waals surface area contributed by atoms with Gasteiger partial charge in [0.1, 0.15) is 5.82 Å². The lowest BCUT2D eigenvalue weighted by Gasteiger charge is -2.31. The van der Waals surface area contributed by atoms with Crippen LogP contribution in [0.3, 0.4) is 0 Å². The van der Waals surface area contributed by atoms with E-state index in [-0.39, 0.29) is 17.3 Å². The smallest absolute Gasteiger partial charge is 0.258 e. The second kappa shape index (κ2) is 7.22. The fourth-order valence-corrected chi connectivity index (χ4v) is 3.20. The molecular formula is C19H16F2N4O2. The minimum Gasteiger partial charge on any atom is -0.339 e. The maximum atomic E-state index is 13.8. The van der Waals surface area contributed by atoms with Crippen molar-refractivity contribution in [1.82, 2.24) is 20.0 Å². The number of hydrogen-bond acceptors (Lipinski definition) is 5. The van der Waals surface area contributed by atoms with Gasteiger partial charge < -0.3 is 9.42 Å². The van der Waals surface area contributed by atoms with Crippen LogP contribution in [-0.4, -0.2) is 39.0 Å². The Morgan fingerprint density at radius 3 is 2.78 bits per heavy atom. The highest BCUT2D eigenvalue weighted by Gasteiger charge is 2.30. The second-order valence-electron chi connectivity index (χ2n) is 6.40. The Morgan fingerprint density at radius 2 is 2.00 bits per heavy atom. The van der Waals surface area contributed by atoms with Gasteiger partial charge in [-0.05, 0) is 49.2 Å². The van der Waals surface area contributed by atoms with Gasteiger partial charge in [0.15, 0.2) is 0 Å². The molecule has 1 fully saturated rings. The van der Waals surface area contributed by atoms with Crippen LogP contribution in [0, 0.1) is 11.8 Å². The summed E-state index contributed by atoms with van der Waals surface area (Å²) in [6.07, 6.45) is 2.83. The number of pyridine rings is 1. The zero-order valence-corrected chi connectivity index (χ0v) is 14.3. The molecule has 1 aliphatic heterocycles. The number of rotatable bonds is 3. The molecule has 2 aromatic heterocycles. The predicted molar refractivity (Wildman–Crippen MR) is 91.8 cm³/mol. The third-order valence-corrected chi connectivity index (χ3v) is 4.59. The molecule has 8 heteroatoms. The first-order valence-corrected chi connectivity index (χ1v) is 8.61. The Kier molecular flexibility index (Phi) is 4.62. The van der Waals surface area contributed by atoms with Crippen LogP contribution in [-0.2, 0) is 0 Å². The number of piperidine rings is 1. The number of carbonyl (C=O) groups excluding carboxylic acids is 1. The monoisotopic (exact) mass is 370 g/mol. The minimum atomic E-state index is -0.777. The van der Waals surface area contributed by atoms with Gasteiger partial charge in [-0.25, -0.2) is 9.37 Å². The van der Waals surface area contributed by atoms with Crippen LogP contribution < -0.4 is 0 Å². The van der Waals surface area contributed by atoms with Crippen molar-refractivity contribution in [1.29, 1.82) is 0 Å². The summed E-state index contributed by atoms with van der Waals surface area (Å²) in [5.74, 6) is -0.870. The Labute approximate surface area is 153 Å². The Balaban J connectivity index is 1.51. The molecular weight excluding hydrogens is 354 g/mol. The van der Waals surface area contributed by atoms with Crippen LogP contribution >= 0.6 is 0 Å². The van der Waals surface area contributed by atoms with Crippen LogP contribution in [0.4, 0.5) is 8.78 Å². The van der Waals surface area contributed by atoms with Crippen molar-refractivity contribution in [3.05, 3.63) is 65.8 Å². The van der Waals surface area contributed by atoms with Crippen molar-refractivity contribution in [3.8, 4) is 11.4 Å². The highest BCUT2D eigenvalue weighted by atomic mass is 19.1. The number of likely N-dealkylation sites (tertiary alicyclic amines) is 1. The molecule has 1 saturated heterocycles. The van der Waals surface area contributed by atoms with Gasteiger partial charge in [-0.15, -0.1) is 0 Å². The third-order valence-electron chi connectivity index (χ3n) is 4.59. The molecule has 138 valence electrons. The van der Waals surface area contributed by atoms with Crippen molar-refractivity contribution in [2.45, 2.75) is 18.8 Å². The molecule has 0 spiro atoms. The van der Waals surface area contributed by atoms with E-state index in [1.807, 2.05) is 0 Å². The summed E-state index contributed by atoms with van der Waals surface area (Å²) in [5, 5.41) is 3.95. The van der Waals surface area contributed by atoms with Crippen molar-refractivity contribution < 1.29 is 18.1 Å². The van der Waals surface area contributed by atoms with Crippen LogP contribution in [0.1, 0.15) is 35.0 Å². The largest absolute Gasteiger partial charge is 0.339 e. The summed E-state index contributed by atoms with van der Waals surface area (Å²) in [5.41, 5.74) is 0.600. The lowest BCUT2D eigenvalue weighted by atomic mass is 9.97. The zero-order valence-electron chi connectivity index (χ0n) is 14.3. The van der Waals surface area contributed by atoms with Gasteiger partial charge in [-0.2, -0.15) is 9.37 Å². The van der Waals surface area contributed by atoms with Crippen molar-refractivity contribution in [2.24, 2.45) is 0 Å². The third kappa shape index (κ3) is 3.55. The fraction of sp³-hybridized carbons (Fsp3) is 0.263. The van der Waals surface area contributed by atoms with Gasteiger partial charge in [-0.3, -0.25) is 4.79 Å². The van der Waals surface area contributed by atoms with E-state index in [9.17, 15) is 13.6 Å². The van der Waals surface area contributed by atoms with Crippen LogP contribution in [0.5, 0.6) is 0 Å². The lowest BCUT2D eigenvalue weighted by Crippen LogP contribution is -2.39. The second-order valence-corrected chi connectivity index (χ2v) is 6.40. The zero-order chi connectivity index (χ0) is 18.8. The molecule has 6 nitrogen and oxygen atoms in total. The molecule has 3 heterocycles. The topological polar surface area (TPSA) is 72.1 Å². The van der Waals surface area contributed by atoms with Gasteiger partial charge in [0, 0.05) is 24.8 Å². The molecule has 1 aliphatic rings. The summed E-state index contributed by atoms with van der Waals surface area (Å²) in [6, 6.07) is 8.76. The average Bonchev–Trinajstić information content (AvgIpc) is 3.19. The van der Waals surface area contributed by atoms with Gasteiger partial charge in [-0.1, -0.05) is 5.16 Å². The summed E-state index contributed by atoms with van der Waals surface area (Å²) < 4.78 is 32.2.